The first-order valence-electron chi connectivity index (χ1n) is 8.67. The average Bonchev–Trinajstić information content (AvgIpc) is 2.93. The zero-order valence-corrected chi connectivity index (χ0v) is 15.6. The number of aryl methyl sites for hydroxylation is 1. The van der Waals surface area contributed by atoms with Crippen molar-refractivity contribution in [2.24, 2.45) is 18.0 Å². The summed E-state index contributed by atoms with van der Waals surface area (Å²) in [4.78, 5) is 6.84. The Hall–Kier alpha value is -1.56. The highest BCUT2D eigenvalue weighted by atomic mass is 15.3. The third-order valence-electron chi connectivity index (χ3n) is 4.16. The number of hydrogen-bond acceptors (Lipinski definition) is 3. The van der Waals surface area contributed by atoms with Crippen molar-refractivity contribution in [3.05, 3.63) is 18.0 Å². The van der Waals surface area contributed by atoms with Crippen LogP contribution in [0.4, 0.5) is 0 Å². The summed E-state index contributed by atoms with van der Waals surface area (Å²) in [5.41, 5.74) is 1.13. The molecule has 1 aromatic heterocycles. The minimum absolute atomic E-state index is 0.528. The van der Waals surface area contributed by atoms with Gasteiger partial charge < -0.3 is 10.6 Å². The fourth-order valence-corrected chi connectivity index (χ4v) is 2.83. The largest absolute Gasteiger partial charge is 0.355 e. The molecule has 6 nitrogen and oxygen atoms in total. The minimum atomic E-state index is 0.528. The first-order chi connectivity index (χ1) is 11.0. The Morgan fingerprint density at radius 2 is 2.00 bits per heavy atom. The highest BCUT2D eigenvalue weighted by molar-refractivity contribution is 5.79. The number of hydrogen-bond donors (Lipinski definition) is 2. The lowest BCUT2D eigenvalue weighted by molar-refractivity contribution is 0.191. The molecule has 0 saturated carbocycles. The van der Waals surface area contributed by atoms with Crippen molar-refractivity contribution >= 4 is 5.96 Å². The van der Waals surface area contributed by atoms with Crippen molar-refractivity contribution in [2.75, 3.05) is 26.7 Å². The zero-order chi connectivity index (χ0) is 17.2. The molecular weight excluding hydrogens is 288 g/mol. The Labute approximate surface area is 141 Å². The van der Waals surface area contributed by atoms with Gasteiger partial charge in [-0.25, -0.2) is 0 Å². The summed E-state index contributed by atoms with van der Waals surface area (Å²) in [5, 5.41) is 11.0. The molecule has 0 amide bonds. The molecule has 0 saturated heterocycles. The molecule has 0 aliphatic rings. The molecular formula is C17H34N6. The molecule has 6 heteroatoms. The van der Waals surface area contributed by atoms with Gasteiger partial charge in [0.05, 0.1) is 12.2 Å². The Balaban J connectivity index is 2.54. The Bertz CT molecular complexity index is 461. The van der Waals surface area contributed by atoms with Crippen molar-refractivity contribution in [1.82, 2.24) is 25.3 Å². The van der Waals surface area contributed by atoms with Gasteiger partial charge in [0.1, 0.15) is 0 Å². The predicted molar refractivity (Wildman–Crippen MR) is 97.6 cm³/mol. The summed E-state index contributed by atoms with van der Waals surface area (Å²) in [6, 6.07) is 2.54. The number of nitrogens with one attached hydrogen (secondary N) is 2. The minimum Gasteiger partial charge on any atom is -0.355 e. The van der Waals surface area contributed by atoms with Gasteiger partial charge in [-0.15, -0.1) is 0 Å². The lowest BCUT2D eigenvalue weighted by Gasteiger charge is -2.31. The molecule has 1 unspecified atom stereocenters. The fraction of sp³-hybridized carbons (Fsp3) is 0.765. The molecule has 0 fully saturated rings. The quantitative estimate of drug-likeness (QED) is 0.538. The molecule has 132 valence electrons. The fourth-order valence-electron chi connectivity index (χ4n) is 2.83. The average molecular weight is 323 g/mol. The van der Waals surface area contributed by atoms with E-state index in [1.165, 1.54) is 6.42 Å². The number of guanidine groups is 1. The second-order valence-corrected chi connectivity index (χ2v) is 6.26. The van der Waals surface area contributed by atoms with Crippen LogP contribution in [0.3, 0.4) is 0 Å². The second-order valence-electron chi connectivity index (χ2n) is 6.26. The van der Waals surface area contributed by atoms with Crippen LogP contribution in [0.15, 0.2) is 17.3 Å². The maximum atomic E-state index is 4.33. The summed E-state index contributed by atoms with van der Waals surface area (Å²) in [6.45, 7) is 12.8. The van der Waals surface area contributed by atoms with E-state index in [4.69, 9.17) is 0 Å². The third kappa shape index (κ3) is 6.60. The van der Waals surface area contributed by atoms with Crippen LogP contribution >= 0.6 is 0 Å². The van der Waals surface area contributed by atoms with Crippen molar-refractivity contribution in [2.45, 2.75) is 46.7 Å². The van der Waals surface area contributed by atoms with Crippen LogP contribution in [0.5, 0.6) is 0 Å². The molecule has 1 aromatic rings. The number of nitrogens with zero attached hydrogens (tertiary/aromatic N) is 4. The van der Waals surface area contributed by atoms with Crippen LogP contribution in [-0.4, -0.2) is 53.4 Å². The molecule has 0 aromatic carbocycles. The van der Waals surface area contributed by atoms with Gasteiger partial charge in [-0.1, -0.05) is 27.7 Å². The van der Waals surface area contributed by atoms with Gasteiger partial charge in [0.25, 0.3) is 0 Å². The molecule has 0 spiro atoms. The molecule has 23 heavy (non-hydrogen) atoms. The van der Waals surface area contributed by atoms with Gasteiger partial charge in [-0.05, 0) is 31.5 Å². The number of rotatable bonds is 9. The van der Waals surface area contributed by atoms with E-state index in [0.29, 0.717) is 12.0 Å². The van der Waals surface area contributed by atoms with E-state index in [9.17, 15) is 0 Å². The van der Waals surface area contributed by atoms with Crippen LogP contribution in [-0.2, 0) is 13.6 Å². The van der Waals surface area contributed by atoms with Crippen LogP contribution in [0.1, 0.15) is 39.8 Å². The van der Waals surface area contributed by atoms with Gasteiger partial charge >= 0.3 is 0 Å². The molecule has 0 bridgehead atoms. The molecule has 1 atom stereocenters. The Morgan fingerprint density at radius 3 is 2.48 bits per heavy atom. The van der Waals surface area contributed by atoms with Crippen LogP contribution in [0.2, 0.25) is 0 Å². The molecule has 0 aliphatic heterocycles. The van der Waals surface area contributed by atoms with Crippen LogP contribution < -0.4 is 10.6 Å². The highest BCUT2D eigenvalue weighted by Crippen LogP contribution is 2.10. The van der Waals surface area contributed by atoms with Gasteiger partial charge in [-0.2, -0.15) is 5.10 Å². The van der Waals surface area contributed by atoms with E-state index < -0.39 is 0 Å². The summed E-state index contributed by atoms with van der Waals surface area (Å²) in [6.07, 6.45) is 3.00. The molecule has 1 rings (SSSR count). The summed E-state index contributed by atoms with van der Waals surface area (Å²) in [5.74, 6) is 1.53. The first-order valence-corrected chi connectivity index (χ1v) is 8.67. The van der Waals surface area contributed by atoms with E-state index in [1.54, 1.807) is 0 Å². The van der Waals surface area contributed by atoms with E-state index in [2.05, 4.69) is 53.3 Å². The number of aliphatic imine (C=N–C) groups is 1. The van der Waals surface area contributed by atoms with Crippen molar-refractivity contribution in [3.63, 3.8) is 0 Å². The second kappa shape index (κ2) is 10.3. The summed E-state index contributed by atoms with van der Waals surface area (Å²) >= 11 is 0. The molecule has 2 N–H and O–H groups in total. The van der Waals surface area contributed by atoms with E-state index in [-0.39, 0.29) is 0 Å². The maximum Gasteiger partial charge on any atom is 0.191 e. The monoisotopic (exact) mass is 322 g/mol. The lowest BCUT2D eigenvalue weighted by atomic mass is 10.0. The standard InChI is InChI=1S/C17H34N6/c1-7-23(8-2)16(11-14(3)4)13-20-17(18-5)19-12-15-9-10-21-22(15)6/h9-10,14,16H,7-8,11-13H2,1-6H3,(H2,18,19,20). The number of aromatic nitrogens is 2. The van der Waals surface area contributed by atoms with Gasteiger partial charge in [0, 0.05) is 32.9 Å². The summed E-state index contributed by atoms with van der Waals surface area (Å²) in [7, 11) is 3.76. The van der Waals surface area contributed by atoms with E-state index in [1.807, 2.05) is 31.0 Å². The number of likely N-dealkylation sites (N-methyl/N-ethyl adjacent to an activating group) is 1. The lowest BCUT2D eigenvalue weighted by Crippen LogP contribution is -2.47. The van der Waals surface area contributed by atoms with Crippen LogP contribution in [0, 0.1) is 5.92 Å². The summed E-state index contributed by atoms with van der Waals surface area (Å²) < 4.78 is 1.87. The normalized spacial score (nSPS) is 13.7. The van der Waals surface area contributed by atoms with Gasteiger partial charge in [0.2, 0.25) is 0 Å². The molecule has 0 radical (unpaired) electrons. The van der Waals surface area contributed by atoms with Gasteiger partial charge in [0.15, 0.2) is 5.96 Å². The Kier molecular flexibility index (Phi) is 8.69. The third-order valence-corrected chi connectivity index (χ3v) is 4.16. The van der Waals surface area contributed by atoms with E-state index >= 15 is 0 Å². The SMILES string of the molecule is CCN(CC)C(CNC(=NC)NCc1ccnn1C)CC(C)C. The topological polar surface area (TPSA) is 57.5 Å². The smallest absolute Gasteiger partial charge is 0.191 e. The van der Waals surface area contributed by atoms with Crippen LogP contribution in [0.25, 0.3) is 0 Å². The zero-order valence-electron chi connectivity index (χ0n) is 15.6. The Morgan fingerprint density at radius 1 is 1.30 bits per heavy atom. The van der Waals surface area contributed by atoms with Crippen molar-refractivity contribution in [3.8, 4) is 0 Å². The van der Waals surface area contributed by atoms with Crippen molar-refractivity contribution in [1.29, 1.82) is 0 Å². The molecule has 0 aliphatic carbocycles. The van der Waals surface area contributed by atoms with Crippen molar-refractivity contribution < 1.29 is 0 Å². The predicted octanol–water partition coefficient (Wildman–Crippen LogP) is 1.84. The van der Waals surface area contributed by atoms with E-state index in [0.717, 1.165) is 37.8 Å². The van der Waals surface area contributed by atoms with Gasteiger partial charge in [-0.3, -0.25) is 14.6 Å². The maximum absolute atomic E-state index is 4.33. The first kappa shape index (κ1) is 19.5. The molecule has 1 heterocycles. The highest BCUT2D eigenvalue weighted by Gasteiger charge is 2.17.